The summed E-state index contributed by atoms with van der Waals surface area (Å²) in [7, 11) is 0. The van der Waals surface area contributed by atoms with Gasteiger partial charge < -0.3 is 10.1 Å². The summed E-state index contributed by atoms with van der Waals surface area (Å²) in [6, 6.07) is 3.52. The van der Waals surface area contributed by atoms with Gasteiger partial charge >= 0.3 is 0 Å². The van der Waals surface area contributed by atoms with Gasteiger partial charge in [-0.15, -0.1) is 5.10 Å². The third kappa shape index (κ3) is 2.45. The van der Waals surface area contributed by atoms with E-state index in [1.165, 1.54) is 23.8 Å². The monoisotopic (exact) mass is 301 g/mol. The Kier molecular flexibility index (Phi) is 3.29. The molecule has 7 heteroatoms. The van der Waals surface area contributed by atoms with Gasteiger partial charge in [0.1, 0.15) is 0 Å². The Balaban J connectivity index is 1.43. The standard InChI is InChI=1S/C15H19N5O2/c21-14(11-4-7-20-13(8-11)17-18-19-20)16-12-9-15(22-10-12)5-2-1-3-6-15/h4,7-8,12H,1-3,5-6,9-10H2,(H,16,21). The highest BCUT2D eigenvalue weighted by Crippen LogP contribution is 2.39. The molecule has 2 aliphatic rings. The lowest BCUT2D eigenvalue weighted by Crippen LogP contribution is -2.37. The van der Waals surface area contributed by atoms with E-state index in [4.69, 9.17) is 4.74 Å². The summed E-state index contributed by atoms with van der Waals surface area (Å²) in [5.74, 6) is -0.0908. The highest BCUT2D eigenvalue weighted by Gasteiger charge is 2.41. The number of tetrazole rings is 1. The Bertz CT molecular complexity index is 692. The number of nitrogens with one attached hydrogen (secondary N) is 1. The third-order valence-electron chi connectivity index (χ3n) is 4.77. The molecular weight excluding hydrogens is 282 g/mol. The molecule has 1 aliphatic heterocycles. The largest absolute Gasteiger partial charge is 0.373 e. The summed E-state index contributed by atoms with van der Waals surface area (Å²) < 4.78 is 7.57. The number of carbonyl (C=O) groups is 1. The number of nitrogens with zero attached hydrogens (tertiary/aromatic N) is 4. The lowest BCUT2D eigenvalue weighted by molar-refractivity contribution is -0.0246. The van der Waals surface area contributed by atoms with Crippen LogP contribution in [0.4, 0.5) is 0 Å². The smallest absolute Gasteiger partial charge is 0.251 e. The third-order valence-corrected chi connectivity index (χ3v) is 4.77. The van der Waals surface area contributed by atoms with Crippen molar-refractivity contribution in [2.75, 3.05) is 6.61 Å². The Hall–Kier alpha value is -2.02. The Labute approximate surface area is 128 Å². The van der Waals surface area contributed by atoms with Crippen molar-refractivity contribution < 1.29 is 9.53 Å². The van der Waals surface area contributed by atoms with Gasteiger partial charge in [-0.2, -0.15) is 0 Å². The molecule has 4 rings (SSSR count). The number of hydrogen-bond donors (Lipinski definition) is 1. The maximum absolute atomic E-state index is 12.4. The first-order valence-corrected chi connectivity index (χ1v) is 7.87. The minimum absolute atomic E-state index is 0.0110. The van der Waals surface area contributed by atoms with Gasteiger partial charge in [0, 0.05) is 11.8 Å². The molecule has 1 saturated carbocycles. The molecule has 1 amide bonds. The topological polar surface area (TPSA) is 81.4 Å². The van der Waals surface area contributed by atoms with Crippen LogP contribution in [0.25, 0.3) is 5.65 Å². The molecule has 116 valence electrons. The van der Waals surface area contributed by atoms with E-state index in [-0.39, 0.29) is 17.6 Å². The highest BCUT2D eigenvalue weighted by atomic mass is 16.5. The molecule has 1 atom stereocenters. The Morgan fingerprint density at radius 3 is 3.09 bits per heavy atom. The maximum atomic E-state index is 12.4. The van der Waals surface area contributed by atoms with Crippen LogP contribution in [-0.2, 0) is 4.74 Å². The predicted molar refractivity (Wildman–Crippen MR) is 78.4 cm³/mol. The fraction of sp³-hybridized carbons (Fsp3) is 0.600. The summed E-state index contributed by atoms with van der Waals surface area (Å²) in [4.78, 5) is 12.4. The number of amides is 1. The number of hydrogen-bond acceptors (Lipinski definition) is 5. The van der Waals surface area contributed by atoms with Gasteiger partial charge in [0.2, 0.25) is 0 Å². The van der Waals surface area contributed by atoms with Crippen molar-refractivity contribution in [1.82, 2.24) is 25.4 Å². The average Bonchev–Trinajstić information content (AvgIpc) is 3.15. The number of aromatic nitrogens is 4. The van der Waals surface area contributed by atoms with Gasteiger partial charge in [0.25, 0.3) is 5.91 Å². The van der Waals surface area contributed by atoms with E-state index < -0.39 is 0 Å². The zero-order valence-corrected chi connectivity index (χ0v) is 12.4. The first kappa shape index (κ1) is 13.6. The van der Waals surface area contributed by atoms with Crippen molar-refractivity contribution in [3.63, 3.8) is 0 Å². The summed E-state index contributed by atoms with van der Waals surface area (Å²) in [6.07, 6.45) is 8.63. The molecule has 2 aromatic rings. The molecule has 1 spiro atoms. The van der Waals surface area contributed by atoms with E-state index in [1.54, 1.807) is 18.3 Å². The predicted octanol–water partition coefficient (Wildman–Crippen LogP) is 1.35. The van der Waals surface area contributed by atoms with Crippen LogP contribution >= 0.6 is 0 Å². The molecule has 22 heavy (non-hydrogen) atoms. The zero-order chi connectivity index (χ0) is 15.0. The van der Waals surface area contributed by atoms with Crippen molar-refractivity contribution in [2.24, 2.45) is 0 Å². The first-order valence-electron chi connectivity index (χ1n) is 7.87. The van der Waals surface area contributed by atoms with E-state index in [2.05, 4.69) is 20.8 Å². The Morgan fingerprint density at radius 2 is 2.23 bits per heavy atom. The number of ether oxygens (including phenoxy) is 1. The van der Waals surface area contributed by atoms with Gasteiger partial charge in [0.15, 0.2) is 5.65 Å². The summed E-state index contributed by atoms with van der Waals surface area (Å²) >= 11 is 0. The maximum Gasteiger partial charge on any atom is 0.251 e. The van der Waals surface area contributed by atoms with Crippen molar-refractivity contribution in [2.45, 2.75) is 50.2 Å². The first-order chi connectivity index (χ1) is 10.7. The van der Waals surface area contributed by atoms with Crippen LogP contribution in [0.3, 0.4) is 0 Å². The van der Waals surface area contributed by atoms with E-state index in [0.717, 1.165) is 19.3 Å². The second-order valence-electron chi connectivity index (χ2n) is 6.33. The molecule has 2 aromatic heterocycles. The molecule has 0 radical (unpaired) electrons. The number of carbonyl (C=O) groups excluding carboxylic acids is 1. The highest BCUT2D eigenvalue weighted by molar-refractivity contribution is 5.95. The van der Waals surface area contributed by atoms with Crippen molar-refractivity contribution >= 4 is 11.6 Å². The quantitative estimate of drug-likeness (QED) is 0.905. The molecule has 2 fully saturated rings. The number of fused-ring (bicyclic) bond motifs is 1. The SMILES string of the molecule is O=C(NC1COC2(CCCCC2)C1)c1ccn2nnnc2c1. The van der Waals surface area contributed by atoms with Gasteiger partial charge in [-0.05, 0) is 41.8 Å². The molecule has 1 saturated heterocycles. The van der Waals surface area contributed by atoms with Crippen LogP contribution in [0.5, 0.6) is 0 Å². The fourth-order valence-corrected chi connectivity index (χ4v) is 3.63. The minimum Gasteiger partial charge on any atom is -0.373 e. The number of pyridine rings is 1. The van der Waals surface area contributed by atoms with Crippen LogP contribution in [0.15, 0.2) is 18.3 Å². The molecule has 7 nitrogen and oxygen atoms in total. The molecule has 1 N–H and O–H groups in total. The molecular formula is C15H19N5O2. The van der Waals surface area contributed by atoms with Crippen molar-refractivity contribution in [1.29, 1.82) is 0 Å². The van der Waals surface area contributed by atoms with E-state index in [1.807, 2.05) is 0 Å². The second kappa shape index (κ2) is 5.31. The van der Waals surface area contributed by atoms with Crippen LogP contribution in [-0.4, -0.2) is 44.2 Å². The second-order valence-corrected chi connectivity index (χ2v) is 6.33. The van der Waals surface area contributed by atoms with Gasteiger partial charge in [0.05, 0.1) is 18.2 Å². The lowest BCUT2D eigenvalue weighted by Gasteiger charge is -2.32. The molecule has 1 aliphatic carbocycles. The molecule has 0 aromatic carbocycles. The molecule has 1 unspecified atom stereocenters. The van der Waals surface area contributed by atoms with Crippen LogP contribution < -0.4 is 5.32 Å². The summed E-state index contributed by atoms with van der Waals surface area (Å²) in [5, 5.41) is 14.3. The fourth-order valence-electron chi connectivity index (χ4n) is 3.63. The van der Waals surface area contributed by atoms with E-state index in [9.17, 15) is 4.79 Å². The Morgan fingerprint density at radius 1 is 1.36 bits per heavy atom. The van der Waals surface area contributed by atoms with Gasteiger partial charge in [-0.1, -0.05) is 19.3 Å². The molecule has 0 bridgehead atoms. The van der Waals surface area contributed by atoms with Crippen molar-refractivity contribution in [3.05, 3.63) is 23.9 Å². The van der Waals surface area contributed by atoms with Crippen molar-refractivity contribution in [3.8, 4) is 0 Å². The summed E-state index contributed by atoms with van der Waals surface area (Å²) in [6.45, 7) is 0.612. The minimum atomic E-state index is -0.0908. The van der Waals surface area contributed by atoms with Crippen LogP contribution in [0, 0.1) is 0 Å². The molecule has 3 heterocycles. The normalized spacial score (nSPS) is 23.9. The number of rotatable bonds is 2. The zero-order valence-electron chi connectivity index (χ0n) is 12.4. The van der Waals surface area contributed by atoms with Gasteiger partial charge in [-0.3, -0.25) is 4.79 Å². The lowest BCUT2D eigenvalue weighted by atomic mass is 9.82. The average molecular weight is 301 g/mol. The van der Waals surface area contributed by atoms with Gasteiger partial charge in [-0.25, -0.2) is 4.52 Å². The van der Waals surface area contributed by atoms with Crippen LogP contribution in [0.2, 0.25) is 0 Å². The van der Waals surface area contributed by atoms with E-state index in [0.29, 0.717) is 17.8 Å². The van der Waals surface area contributed by atoms with E-state index >= 15 is 0 Å². The summed E-state index contributed by atoms with van der Waals surface area (Å²) in [5.41, 5.74) is 1.16. The van der Waals surface area contributed by atoms with Crippen LogP contribution in [0.1, 0.15) is 48.9 Å².